The normalized spacial score (nSPS) is 24.8. The molecule has 76 valence electrons. The van der Waals surface area contributed by atoms with Crippen molar-refractivity contribution in [2.75, 3.05) is 33.2 Å². The van der Waals surface area contributed by atoms with E-state index in [4.69, 9.17) is 5.73 Å². The number of piperazine rings is 1. The fraction of sp³-hybridized carbons (Fsp3) is 0.889. The summed E-state index contributed by atoms with van der Waals surface area (Å²) in [5, 5.41) is 0. The minimum atomic E-state index is 0.214. The zero-order valence-corrected chi connectivity index (χ0v) is 8.49. The Kier molecular flexibility index (Phi) is 3.69. The molecular weight excluding hydrogens is 166 g/mol. The topological polar surface area (TPSA) is 49.6 Å². The fourth-order valence-electron chi connectivity index (χ4n) is 1.74. The van der Waals surface area contributed by atoms with Gasteiger partial charge in [0.1, 0.15) is 0 Å². The summed E-state index contributed by atoms with van der Waals surface area (Å²) in [5.41, 5.74) is 5.63. The Labute approximate surface area is 79.7 Å². The molecule has 1 saturated heterocycles. The van der Waals surface area contributed by atoms with Crippen LogP contribution in [-0.2, 0) is 4.79 Å². The summed E-state index contributed by atoms with van der Waals surface area (Å²) in [6.07, 6.45) is 0.584. The molecule has 1 amide bonds. The molecule has 1 rings (SSSR count). The van der Waals surface area contributed by atoms with Crippen LogP contribution < -0.4 is 5.73 Å². The van der Waals surface area contributed by atoms with E-state index in [0.717, 1.165) is 19.6 Å². The Balaban J connectivity index is 2.57. The number of nitrogens with zero attached hydrogens (tertiary/aromatic N) is 2. The van der Waals surface area contributed by atoms with E-state index in [-0.39, 0.29) is 11.9 Å². The maximum Gasteiger partial charge on any atom is 0.222 e. The highest BCUT2D eigenvalue weighted by atomic mass is 16.2. The quantitative estimate of drug-likeness (QED) is 0.631. The lowest BCUT2D eigenvalue weighted by atomic mass is 10.1. The molecule has 13 heavy (non-hydrogen) atoms. The van der Waals surface area contributed by atoms with E-state index in [1.54, 1.807) is 0 Å². The molecule has 0 aromatic heterocycles. The number of hydrogen-bond donors (Lipinski definition) is 1. The predicted molar refractivity (Wildman–Crippen MR) is 52.3 cm³/mol. The number of carbonyl (C=O) groups is 1. The van der Waals surface area contributed by atoms with Gasteiger partial charge in [-0.15, -0.1) is 0 Å². The summed E-state index contributed by atoms with van der Waals surface area (Å²) in [4.78, 5) is 15.6. The first-order valence-electron chi connectivity index (χ1n) is 4.87. The van der Waals surface area contributed by atoms with Crippen LogP contribution in [0.3, 0.4) is 0 Å². The van der Waals surface area contributed by atoms with Crippen LogP contribution in [0.2, 0.25) is 0 Å². The average molecular weight is 185 g/mol. The second kappa shape index (κ2) is 4.58. The highest BCUT2D eigenvalue weighted by molar-refractivity contribution is 5.76. The molecule has 4 nitrogen and oxygen atoms in total. The molecule has 2 N–H and O–H groups in total. The van der Waals surface area contributed by atoms with Crippen LogP contribution in [0.5, 0.6) is 0 Å². The van der Waals surface area contributed by atoms with Crippen molar-refractivity contribution < 1.29 is 4.79 Å². The summed E-state index contributed by atoms with van der Waals surface area (Å²) in [6.45, 7) is 5.15. The molecule has 1 heterocycles. The number of likely N-dealkylation sites (N-methyl/N-ethyl adjacent to an activating group) is 1. The molecule has 0 saturated carbocycles. The van der Waals surface area contributed by atoms with Crippen molar-refractivity contribution in [3.63, 3.8) is 0 Å². The number of rotatable bonds is 2. The molecule has 0 aromatic rings. The van der Waals surface area contributed by atoms with Gasteiger partial charge in [-0.3, -0.25) is 4.79 Å². The van der Waals surface area contributed by atoms with E-state index < -0.39 is 0 Å². The molecule has 0 bridgehead atoms. The number of hydrogen-bond acceptors (Lipinski definition) is 3. The minimum absolute atomic E-state index is 0.214. The third-order valence-corrected chi connectivity index (χ3v) is 2.58. The fourth-order valence-corrected chi connectivity index (χ4v) is 1.74. The summed E-state index contributed by atoms with van der Waals surface area (Å²) >= 11 is 0. The lowest BCUT2D eigenvalue weighted by Gasteiger charge is -2.39. The van der Waals surface area contributed by atoms with E-state index in [0.29, 0.717) is 13.0 Å². The molecular formula is C9H19N3O. The average Bonchev–Trinajstić information content (AvgIpc) is 2.16. The second-order valence-corrected chi connectivity index (χ2v) is 3.59. The van der Waals surface area contributed by atoms with Gasteiger partial charge in [0.25, 0.3) is 0 Å². The molecule has 0 spiro atoms. The Bertz CT molecular complexity index is 184. The van der Waals surface area contributed by atoms with Crippen molar-refractivity contribution in [1.29, 1.82) is 0 Å². The standard InChI is InChI=1S/C9H19N3O/c1-3-9(13)12-5-4-11(2)7-8(12)6-10/h8H,3-7,10H2,1-2H3. The molecule has 1 unspecified atom stereocenters. The molecule has 0 radical (unpaired) electrons. The summed E-state index contributed by atoms with van der Waals surface area (Å²) in [5.74, 6) is 0.226. The van der Waals surface area contributed by atoms with E-state index >= 15 is 0 Å². The first-order valence-corrected chi connectivity index (χ1v) is 4.87. The van der Waals surface area contributed by atoms with Crippen LogP contribution in [0.4, 0.5) is 0 Å². The van der Waals surface area contributed by atoms with Gasteiger partial charge >= 0.3 is 0 Å². The van der Waals surface area contributed by atoms with Crippen molar-refractivity contribution >= 4 is 5.91 Å². The van der Waals surface area contributed by atoms with Gasteiger partial charge in [-0.2, -0.15) is 0 Å². The lowest BCUT2D eigenvalue weighted by Crippen LogP contribution is -2.56. The molecule has 1 atom stereocenters. The van der Waals surface area contributed by atoms with Crippen molar-refractivity contribution in [2.24, 2.45) is 5.73 Å². The van der Waals surface area contributed by atoms with Crippen LogP contribution in [0.1, 0.15) is 13.3 Å². The second-order valence-electron chi connectivity index (χ2n) is 3.59. The Morgan fingerprint density at radius 1 is 1.54 bits per heavy atom. The van der Waals surface area contributed by atoms with Crippen LogP contribution in [0.25, 0.3) is 0 Å². The smallest absolute Gasteiger partial charge is 0.222 e. The molecule has 0 aromatic carbocycles. The van der Waals surface area contributed by atoms with Crippen molar-refractivity contribution in [3.8, 4) is 0 Å². The molecule has 1 aliphatic heterocycles. The third-order valence-electron chi connectivity index (χ3n) is 2.58. The van der Waals surface area contributed by atoms with Crippen molar-refractivity contribution in [2.45, 2.75) is 19.4 Å². The van der Waals surface area contributed by atoms with Gasteiger partial charge in [0.05, 0.1) is 6.04 Å². The van der Waals surface area contributed by atoms with E-state index in [2.05, 4.69) is 11.9 Å². The van der Waals surface area contributed by atoms with E-state index in [1.165, 1.54) is 0 Å². The van der Waals surface area contributed by atoms with Crippen LogP contribution in [0, 0.1) is 0 Å². The summed E-state index contributed by atoms with van der Waals surface area (Å²) in [7, 11) is 2.07. The monoisotopic (exact) mass is 185 g/mol. The SMILES string of the molecule is CCC(=O)N1CCN(C)CC1CN. The predicted octanol–water partition coefficient (Wildman–Crippen LogP) is -0.502. The highest BCUT2D eigenvalue weighted by Gasteiger charge is 2.26. The largest absolute Gasteiger partial charge is 0.336 e. The Morgan fingerprint density at radius 2 is 2.23 bits per heavy atom. The summed E-state index contributed by atoms with van der Waals surface area (Å²) in [6, 6.07) is 0.214. The first-order chi connectivity index (χ1) is 6.19. The van der Waals surface area contributed by atoms with Gasteiger partial charge in [0.2, 0.25) is 5.91 Å². The maximum atomic E-state index is 11.5. The Morgan fingerprint density at radius 3 is 2.77 bits per heavy atom. The molecule has 1 fully saturated rings. The zero-order chi connectivity index (χ0) is 9.84. The van der Waals surface area contributed by atoms with E-state index in [9.17, 15) is 4.79 Å². The molecule has 4 heteroatoms. The molecule has 1 aliphatic rings. The van der Waals surface area contributed by atoms with Gasteiger partial charge in [-0.1, -0.05) is 6.92 Å². The number of carbonyl (C=O) groups excluding carboxylic acids is 1. The van der Waals surface area contributed by atoms with Gasteiger partial charge < -0.3 is 15.5 Å². The Hall–Kier alpha value is -0.610. The van der Waals surface area contributed by atoms with Crippen molar-refractivity contribution in [3.05, 3.63) is 0 Å². The number of amides is 1. The number of nitrogens with two attached hydrogens (primary N) is 1. The minimum Gasteiger partial charge on any atom is -0.336 e. The maximum absolute atomic E-state index is 11.5. The van der Waals surface area contributed by atoms with Crippen molar-refractivity contribution in [1.82, 2.24) is 9.80 Å². The van der Waals surface area contributed by atoms with Gasteiger partial charge in [-0.05, 0) is 7.05 Å². The first kappa shape index (κ1) is 10.5. The van der Waals surface area contributed by atoms with Crippen LogP contribution in [0.15, 0.2) is 0 Å². The lowest BCUT2D eigenvalue weighted by molar-refractivity contribution is -0.135. The summed E-state index contributed by atoms with van der Waals surface area (Å²) < 4.78 is 0. The zero-order valence-electron chi connectivity index (χ0n) is 8.49. The molecule has 0 aliphatic carbocycles. The van der Waals surface area contributed by atoms with Gasteiger partial charge in [-0.25, -0.2) is 0 Å². The highest BCUT2D eigenvalue weighted by Crippen LogP contribution is 2.08. The van der Waals surface area contributed by atoms with Gasteiger partial charge in [0.15, 0.2) is 0 Å². The van der Waals surface area contributed by atoms with Crippen LogP contribution >= 0.6 is 0 Å². The van der Waals surface area contributed by atoms with E-state index in [1.807, 2.05) is 11.8 Å². The van der Waals surface area contributed by atoms with Gasteiger partial charge in [0, 0.05) is 32.6 Å². The third kappa shape index (κ3) is 2.42. The van der Waals surface area contributed by atoms with Crippen LogP contribution in [-0.4, -0.2) is 55.0 Å².